The van der Waals surface area contributed by atoms with E-state index in [0.29, 0.717) is 32.2 Å². The Morgan fingerprint density at radius 2 is 2.04 bits per heavy atom. The number of ether oxygens (including phenoxy) is 1. The number of nitriles is 1. The Hall–Kier alpha value is -2.06. The van der Waals surface area contributed by atoms with E-state index in [0.717, 1.165) is 29.9 Å². The molecule has 1 aromatic rings. The summed E-state index contributed by atoms with van der Waals surface area (Å²) >= 11 is 0. The quantitative estimate of drug-likeness (QED) is 0.616. The molecule has 1 aliphatic heterocycles. The van der Waals surface area contributed by atoms with E-state index in [9.17, 15) is 10.1 Å². The molecule has 24 heavy (non-hydrogen) atoms. The molecule has 0 spiro atoms. The van der Waals surface area contributed by atoms with Crippen LogP contribution in [0.3, 0.4) is 0 Å². The van der Waals surface area contributed by atoms with Crippen LogP contribution in [0.1, 0.15) is 37.2 Å². The van der Waals surface area contributed by atoms with Crippen LogP contribution in [0.4, 0.5) is 0 Å². The molecule has 1 aliphatic rings. The molecule has 5 nitrogen and oxygen atoms in total. The summed E-state index contributed by atoms with van der Waals surface area (Å²) in [5, 5.41) is 9.43. The molecule has 0 atom stereocenters. The molecule has 2 heterocycles. The van der Waals surface area contributed by atoms with Crippen LogP contribution in [-0.2, 0) is 16.1 Å². The van der Waals surface area contributed by atoms with Crippen molar-refractivity contribution < 1.29 is 9.53 Å². The molecule has 0 bridgehead atoms. The number of rotatable bonds is 5. The maximum Gasteiger partial charge on any atom is 0.264 e. The molecule has 0 saturated carbocycles. The lowest BCUT2D eigenvalue weighted by atomic mass is 10.1. The fourth-order valence-electron chi connectivity index (χ4n) is 2.94. The molecule has 0 unspecified atom stereocenters. The van der Waals surface area contributed by atoms with Gasteiger partial charge in [-0.15, -0.1) is 0 Å². The highest BCUT2D eigenvalue weighted by Gasteiger charge is 2.21. The van der Waals surface area contributed by atoms with Gasteiger partial charge in [-0.25, -0.2) is 0 Å². The number of carbonyl (C=O) groups excluding carboxylic acids is 1. The van der Waals surface area contributed by atoms with Crippen molar-refractivity contribution >= 4 is 12.0 Å². The van der Waals surface area contributed by atoms with Gasteiger partial charge in [0.05, 0.1) is 13.2 Å². The van der Waals surface area contributed by atoms with E-state index < -0.39 is 0 Å². The predicted octanol–water partition coefficient (Wildman–Crippen LogP) is 2.92. The van der Waals surface area contributed by atoms with Gasteiger partial charge in [-0.2, -0.15) is 5.26 Å². The summed E-state index contributed by atoms with van der Waals surface area (Å²) in [6, 6.07) is 4.13. The average molecular weight is 329 g/mol. The van der Waals surface area contributed by atoms with E-state index in [1.165, 1.54) is 0 Å². The van der Waals surface area contributed by atoms with E-state index in [1.54, 1.807) is 11.0 Å². The van der Waals surface area contributed by atoms with E-state index in [-0.39, 0.29) is 11.5 Å². The van der Waals surface area contributed by atoms with Crippen molar-refractivity contribution in [3.8, 4) is 6.07 Å². The van der Waals surface area contributed by atoms with E-state index in [2.05, 4.69) is 37.5 Å². The van der Waals surface area contributed by atoms with Crippen molar-refractivity contribution in [2.45, 2.75) is 40.7 Å². The zero-order valence-electron chi connectivity index (χ0n) is 15.1. The molecule has 0 radical (unpaired) electrons. The Labute approximate surface area is 144 Å². The molecule has 2 rings (SSSR count). The smallest absolute Gasteiger partial charge is 0.264 e. The first-order valence-corrected chi connectivity index (χ1v) is 8.59. The third-order valence-electron chi connectivity index (χ3n) is 4.49. The van der Waals surface area contributed by atoms with Crippen LogP contribution in [0.25, 0.3) is 6.08 Å². The average Bonchev–Trinajstić information content (AvgIpc) is 2.84. The summed E-state index contributed by atoms with van der Waals surface area (Å²) in [7, 11) is 0. The number of nitrogens with zero attached hydrogens (tertiary/aromatic N) is 3. The first-order chi connectivity index (χ1) is 11.4. The SMILES string of the molecule is Cc1cc(C=C(C#N)C(=O)N2CCOCC2)c(C)n1CCC(C)C. The molecule has 1 saturated heterocycles. The summed E-state index contributed by atoms with van der Waals surface area (Å²) in [5.74, 6) is 0.440. The molecule has 5 heteroatoms. The van der Waals surface area contributed by atoms with Gasteiger partial charge in [0.2, 0.25) is 0 Å². The minimum atomic E-state index is -0.201. The fraction of sp³-hybridized carbons (Fsp3) is 0.579. The summed E-state index contributed by atoms with van der Waals surface area (Å²) in [4.78, 5) is 14.2. The lowest BCUT2D eigenvalue weighted by Crippen LogP contribution is -2.41. The van der Waals surface area contributed by atoms with Gasteiger partial charge in [0.25, 0.3) is 5.91 Å². The number of hydrogen-bond donors (Lipinski definition) is 0. The highest BCUT2D eigenvalue weighted by atomic mass is 16.5. The molecule has 1 aromatic heterocycles. The highest BCUT2D eigenvalue weighted by Crippen LogP contribution is 2.20. The summed E-state index contributed by atoms with van der Waals surface area (Å²) in [6.07, 6.45) is 2.84. The first-order valence-electron chi connectivity index (χ1n) is 8.59. The van der Waals surface area contributed by atoms with Gasteiger partial charge in [-0.1, -0.05) is 13.8 Å². The van der Waals surface area contributed by atoms with Crippen molar-refractivity contribution in [3.63, 3.8) is 0 Å². The zero-order valence-corrected chi connectivity index (χ0v) is 15.1. The number of carbonyl (C=O) groups is 1. The third-order valence-corrected chi connectivity index (χ3v) is 4.49. The second kappa shape index (κ2) is 8.16. The monoisotopic (exact) mass is 329 g/mol. The van der Waals surface area contributed by atoms with Gasteiger partial charge in [0, 0.05) is 31.0 Å². The van der Waals surface area contributed by atoms with Gasteiger partial charge in [0.15, 0.2) is 0 Å². The molecule has 1 fully saturated rings. The van der Waals surface area contributed by atoms with Crippen LogP contribution in [0, 0.1) is 31.1 Å². The number of aryl methyl sites for hydroxylation is 1. The minimum absolute atomic E-state index is 0.195. The molecule has 0 aliphatic carbocycles. The molecule has 0 N–H and O–H groups in total. The number of hydrogen-bond acceptors (Lipinski definition) is 3. The van der Waals surface area contributed by atoms with Crippen LogP contribution >= 0.6 is 0 Å². The normalized spacial score (nSPS) is 15.7. The van der Waals surface area contributed by atoms with E-state index >= 15 is 0 Å². The lowest BCUT2D eigenvalue weighted by Gasteiger charge is -2.26. The van der Waals surface area contributed by atoms with Crippen molar-refractivity contribution in [1.29, 1.82) is 5.26 Å². The van der Waals surface area contributed by atoms with E-state index in [4.69, 9.17) is 4.74 Å². The summed E-state index contributed by atoms with van der Waals surface area (Å²) in [6.45, 7) is 11.7. The van der Waals surface area contributed by atoms with Crippen LogP contribution in [0.2, 0.25) is 0 Å². The third kappa shape index (κ3) is 4.27. The Morgan fingerprint density at radius 1 is 1.38 bits per heavy atom. The summed E-state index contributed by atoms with van der Waals surface area (Å²) < 4.78 is 7.53. The topological polar surface area (TPSA) is 58.3 Å². The van der Waals surface area contributed by atoms with Crippen LogP contribution in [-0.4, -0.2) is 41.7 Å². The van der Waals surface area contributed by atoms with Gasteiger partial charge in [-0.3, -0.25) is 4.79 Å². The maximum absolute atomic E-state index is 12.5. The Bertz CT molecular complexity index is 659. The zero-order chi connectivity index (χ0) is 17.7. The van der Waals surface area contributed by atoms with Crippen LogP contribution < -0.4 is 0 Å². The number of aromatic nitrogens is 1. The van der Waals surface area contributed by atoms with Gasteiger partial charge in [-0.05, 0) is 43.9 Å². The van der Waals surface area contributed by atoms with Crippen LogP contribution in [0.15, 0.2) is 11.6 Å². The molecular formula is C19H27N3O2. The van der Waals surface area contributed by atoms with Gasteiger partial charge < -0.3 is 14.2 Å². The second-order valence-electron chi connectivity index (χ2n) is 6.74. The molecule has 130 valence electrons. The Kier molecular flexibility index (Phi) is 6.22. The van der Waals surface area contributed by atoms with Crippen molar-refractivity contribution in [3.05, 3.63) is 28.6 Å². The predicted molar refractivity (Wildman–Crippen MR) is 94.4 cm³/mol. The highest BCUT2D eigenvalue weighted by molar-refractivity contribution is 6.01. The van der Waals surface area contributed by atoms with Gasteiger partial charge in [0.1, 0.15) is 11.6 Å². The molecule has 0 aromatic carbocycles. The molecular weight excluding hydrogens is 302 g/mol. The maximum atomic E-state index is 12.5. The van der Waals surface area contributed by atoms with Gasteiger partial charge >= 0.3 is 0 Å². The number of amides is 1. The lowest BCUT2D eigenvalue weighted by molar-refractivity contribution is -0.130. The fourth-order valence-corrected chi connectivity index (χ4v) is 2.94. The van der Waals surface area contributed by atoms with E-state index in [1.807, 2.05) is 6.92 Å². The standard InChI is InChI=1S/C19H27N3O2/c1-14(2)5-6-22-15(3)11-17(16(22)4)12-18(13-20)19(23)21-7-9-24-10-8-21/h11-12,14H,5-10H2,1-4H3. The second-order valence-corrected chi connectivity index (χ2v) is 6.74. The largest absolute Gasteiger partial charge is 0.378 e. The van der Waals surface area contributed by atoms with Crippen molar-refractivity contribution in [2.24, 2.45) is 5.92 Å². The minimum Gasteiger partial charge on any atom is -0.378 e. The Morgan fingerprint density at radius 3 is 2.62 bits per heavy atom. The Balaban J connectivity index is 2.23. The number of morpholine rings is 1. The molecule has 1 amide bonds. The van der Waals surface area contributed by atoms with Crippen molar-refractivity contribution in [2.75, 3.05) is 26.3 Å². The van der Waals surface area contributed by atoms with Crippen LogP contribution in [0.5, 0.6) is 0 Å². The first kappa shape index (κ1) is 18.3. The summed E-state index contributed by atoms with van der Waals surface area (Å²) in [5.41, 5.74) is 3.42. The van der Waals surface area contributed by atoms with Crippen molar-refractivity contribution in [1.82, 2.24) is 9.47 Å².